The summed E-state index contributed by atoms with van der Waals surface area (Å²) in [6.07, 6.45) is 1.01. The van der Waals surface area contributed by atoms with E-state index < -0.39 is 0 Å². The molecule has 1 nitrogen and oxygen atoms in total. The molecule has 0 radical (unpaired) electrons. The average molecular weight is 355 g/mol. The van der Waals surface area contributed by atoms with Crippen LogP contribution in [0.1, 0.15) is 11.1 Å². The quantitative estimate of drug-likeness (QED) is 0.259. The zero-order chi connectivity index (χ0) is 18.2. The van der Waals surface area contributed by atoms with E-state index in [1.54, 1.807) is 0 Å². The molecule has 28 heavy (non-hydrogen) atoms. The fourth-order valence-corrected chi connectivity index (χ4v) is 5.22. The first-order valence-electron chi connectivity index (χ1n) is 9.85. The molecule has 0 spiro atoms. The van der Waals surface area contributed by atoms with Crippen molar-refractivity contribution < 1.29 is 0 Å². The minimum atomic E-state index is 1.01. The van der Waals surface area contributed by atoms with Gasteiger partial charge in [0.1, 0.15) is 0 Å². The Morgan fingerprint density at radius 3 is 2.32 bits per heavy atom. The Bertz CT molecular complexity index is 1580. The largest absolute Gasteiger partial charge is 0.309 e. The standard InChI is InChI=1S/C27H17N/c1-3-9-19-17(7-1)15-23-20(19)13-14-22-21-10-4-6-12-25(21)28-24-11-5-2-8-18(24)16-26(28)27(22)23/h1-14,16H,15H2. The molecule has 0 amide bonds. The number of nitrogens with zero attached hydrogens (tertiary/aromatic N) is 1. The first kappa shape index (κ1) is 14.5. The highest BCUT2D eigenvalue weighted by Crippen LogP contribution is 2.44. The van der Waals surface area contributed by atoms with Crippen LogP contribution in [0.5, 0.6) is 0 Å². The van der Waals surface area contributed by atoms with E-state index in [2.05, 4.69) is 95.4 Å². The Morgan fingerprint density at radius 2 is 1.36 bits per heavy atom. The molecular weight excluding hydrogens is 338 g/mol. The molecule has 0 N–H and O–H groups in total. The minimum absolute atomic E-state index is 1.01. The summed E-state index contributed by atoms with van der Waals surface area (Å²) in [4.78, 5) is 0. The third kappa shape index (κ3) is 1.67. The molecule has 4 aromatic carbocycles. The van der Waals surface area contributed by atoms with Gasteiger partial charge in [0.2, 0.25) is 0 Å². The Balaban J connectivity index is 1.79. The van der Waals surface area contributed by atoms with Crippen molar-refractivity contribution >= 4 is 38.1 Å². The highest BCUT2D eigenvalue weighted by molar-refractivity contribution is 6.18. The SMILES string of the molecule is c1ccc2c(c1)Cc1c-2ccc2c3ccccc3n3c4ccccc4cc3c12. The molecule has 2 aromatic heterocycles. The topological polar surface area (TPSA) is 4.41 Å². The molecule has 7 rings (SSSR count). The van der Waals surface area contributed by atoms with Crippen molar-refractivity contribution in [3.05, 3.63) is 102 Å². The molecule has 0 bridgehead atoms. The first-order chi connectivity index (χ1) is 13.9. The number of rotatable bonds is 0. The maximum Gasteiger partial charge on any atom is 0.0550 e. The van der Waals surface area contributed by atoms with Crippen LogP contribution in [0.2, 0.25) is 0 Å². The Hall–Kier alpha value is -3.58. The molecule has 1 aliphatic rings. The second-order valence-electron chi connectivity index (χ2n) is 7.79. The van der Waals surface area contributed by atoms with Crippen LogP contribution in [0.3, 0.4) is 0 Å². The van der Waals surface area contributed by atoms with E-state index in [0.29, 0.717) is 0 Å². The highest BCUT2D eigenvalue weighted by Gasteiger charge is 2.23. The number of hydrogen-bond donors (Lipinski definition) is 0. The van der Waals surface area contributed by atoms with E-state index >= 15 is 0 Å². The van der Waals surface area contributed by atoms with Crippen molar-refractivity contribution in [2.24, 2.45) is 0 Å². The summed E-state index contributed by atoms with van der Waals surface area (Å²) in [6, 6.07) is 33.4. The van der Waals surface area contributed by atoms with Gasteiger partial charge in [-0.3, -0.25) is 0 Å². The smallest absolute Gasteiger partial charge is 0.0550 e. The van der Waals surface area contributed by atoms with Crippen LogP contribution in [-0.2, 0) is 6.42 Å². The normalized spacial score (nSPS) is 12.9. The average Bonchev–Trinajstić information content (AvgIpc) is 3.32. The lowest BCUT2D eigenvalue weighted by Gasteiger charge is -2.13. The minimum Gasteiger partial charge on any atom is -0.309 e. The van der Waals surface area contributed by atoms with Crippen LogP contribution in [0.15, 0.2) is 91.0 Å². The lowest BCUT2D eigenvalue weighted by atomic mass is 9.96. The number of hydrogen-bond acceptors (Lipinski definition) is 0. The van der Waals surface area contributed by atoms with Gasteiger partial charge in [-0.15, -0.1) is 0 Å². The number of fused-ring (bicyclic) bond motifs is 12. The van der Waals surface area contributed by atoms with Crippen LogP contribution in [0.25, 0.3) is 49.2 Å². The number of pyridine rings is 1. The fourth-order valence-electron chi connectivity index (χ4n) is 5.22. The van der Waals surface area contributed by atoms with Gasteiger partial charge in [0.15, 0.2) is 0 Å². The molecule has 0 fully saturated rings. The fraction of sp³-hybridized carbons (Fsp3) is 0.0370. The summed E-state index contributed by atoms with van der Waals surface area (Å²) in [5.41, 5.74) is 9.57. The van der Waals surface area contributed by atoms with Crippen LogP contribution >= 0.6 is 0 Å². The third-order valence-electron chi connectivity index (χ3n) is 6.39. The molecule has 0 atom stereocenters. The van der Waals surface area contributed by atoms with E-state index in [1.165, 1.54) is 60.3 Å². The summed E-state index contributed by atoms with van der Waals surface area (Å²) >= 11 is 0. The van der Waals surface area contributed by atoms with Gasteiger partial charge in [-0.2, -0.15) is 0 Å². The lowest BCUT2D eigenvalue weighted by Crippen LogP contribution is -1.93. The van der Waals surface area contributed by atoms with Crippen LogP contribution in [-0.4, -0.2) is 4.40 Å². The molecule has 1 heteroatoms. The first-order valence-corrected chi connectivity index (χ1v) is 9.85. The number of benzene rings is 4. The monoisotopic (exact) mass is 355 g/mol. The van der Waals surface area contributed by atoms with Gasteiger partial charge in [-0.05, 0) is 52.3 Å². The van der Waals surface area contributed by atoms with Gasteiger partial charge in [0.25, 0.3) is 0 Å². The van der Waals surface area contributed by atoms with Crippen molar-refractivity contribution in [1.82, 2.24) is 4.40 Å². The van der Waals surface area contributed by atoms with Crippen molar-refractivity contribution in [3.63, 3.8) is 0 Å². The summed E-state index contributed by atoms with van der Waals surface area (Å²) in [5, 5.41) is 5.39. The van der Waals surface area contributed by atoms with Gasteiger partial charge in [0.05, 0.1) is 16.6 Å². The summed E-state index contributed by atoms with van der Waals surface area (Å²) in [7, 11) is 0. The molecular formula is C27H17N. The lowest BCUT2D eigenvalue weighted by molar-refractivity contribution is 1.28. The van der Waals surface area contributed by atoms with Crippen molar-refractivity contribution in [2.75, 3.05) is 0 Å². The van der Waals surface area contributed by atoms with E-state index in [1.807, 2.05) is 0 Å². The predicted molar refractivity (Wildman–Crippen MR) is 118 cm³/mol. The van der Waals surface area contributed by atoms with Crippen LogP contribution < -0.4 is 0 Å². The molecule has 1 aliphatic carbocycles. The number of para-hydroxylation sites is 2. The van der Waals surface area contributed by atoms with Crippen LogP contribution in [0.4, 0.5) is 0 Å². The molecule has 2 heterocycles. The zero-order valence-electron chi connectivity index (χ0n) is 15.3. The molecule has 0 aliphatic heterocycles. The summed E-state index contributed by atoms with van der Waals surface area (Å²) < 4.78 is 2.45. The third-order valence-corrected chi connectivity index (χ3v) is 6.39. The second kappa shape index (κ2) is 5.02. The van der Waals surface area contributed by atoms with Crippen LogP contribution in [0, 0.1) is 0 Å². The molecule has 130 valence electrons. The number of aromatic nitrogens is 1. The maximum absolute atomic E-state index is 2.45. The van der Waals surface area contributed by atoms with Crippen molar-refractivity contribution in [1.29, 1.82) is 0 Å². The molecule has 0 saturated heterocycles. The van der Waals surface area contributed by atoms with E-state index in [-0.39, 0.29) is 0 Å². The highest BCUT2D eigenvalue weighted by atomic mass is 14.9. The molecule has 0 saturated carbocycles. The predicted octanol–water partition coefficient (Wildman–Crippen LogP) is 6.97. The Kier molecular flexibility index (Phi) is 2.60. The van der Waals surface area contributed by atoms with Gasteiger partial charge in [0, 0.05) is 16.2 Å². The molecule has 0 unspecified atom stereocenters. The zero-order valence-corrected chi connectivity index (χ0v) is 15.3. The second-order valence-corrected chi connectivity index (χ2v) is 7.79. The van der Waals surface area contributed by atoms with Gasteiger partial charge in [-0.1, -0.05) is 72.8 Å². The summed E-state index contributed by atoms with van der Waals surface area (Å²) in [6.45, 7) is 0. The van der Waals surface area contributed by atoms with Gasteiger partial charge >= 0.3 is 0 Å². The summed E-state index contributed by atoms with van der Waals surface area (Å²) in [5.74, 6) is 0. The van der Waals surface area contributed by atoms with E-state index in [9.17, 15) is 0 Å². The van der Waals surface area contributed by atoms with Crippen molar-refractivity contribution in [2.45, 2.75) is 6.42 Å². The Labute approximate surface area is 162 Å². The molecule has 6 aromatic rings. The van der Waals surface area contributed by atoms with E-state index in [4.69, 9.17) is 0 Å². The van der Waals surface area contributed by atoms with Gasteiger partial charge < -0.3 is 4.40 Å². The Morgan fingerprint density at radius 1 is 0.571 bits per heavy atom. The van der Waals surface area contributed by atoms with Crippen molar-refractivity contribution in [3.8, 4) is 11.1 Å². The van der Waals surface area contributed by atoms with Gasteiger partial charge in [-0.25, -0.2) is 0 Å². The maximum atomic E-state index is 2.45. The van der Waals surface area contributed by atoms with E-state index in [0.717, 1.165) is 6.42 Å².